The van der Waals surface area contributed by atoms with Crippen LogP contribution in [-0.2, 0) is 0 Å². The molecule has 0 saturated heterocycles. The predicted molar refractivity (Wildman–Crippen MR) is 56.0 cm³/mol. The highest BCUT2D eigenvalue weighted by Crippen LogP contribution is 2.19. The van der Waals surface area contributed by atoms with Crippen LogP contribution >= 0.6 is 35.5 Å². The van der Waals surface area contributed by atoms with Gasteiger partial charge in [0.2, 0.25) is 0 Å². The van der Waals surface area contributed by atoms with Crippen LogP contribution in [0.15, 0.2) is 4.34 Å². The Bertz CT molecular complexity index is 295. The van der Waals surface area contributed by atoms with Gasteiger partial charge >= 0.3 is 0 Å². The van der Waals surface area contributed by atoms with E-state index in [2.05, 4.69) is 35.7 Å². The third-order valence-corrected chi connectivity index (χ3v) is 3.23. The third-order valence-electron chi connectivity index (χ3n) is 0.863. The molecule has 1 heterocycles. The van der Waals surface area contributed by atoms with Gasteiger partial charge in [0.1, 0.15) is 0 Å². The van der Waals surface area contributed by atoms with E-state index in [1.54, 1.807) is 0 Å². The van der Waals surface area contributed by atoms with E-state index in [4.69, 9.17) is 12.2 Å². The molecule has 0 atom stereocenters. The van der Waals surface area contributed by atoms with Gasteiger partial charge in [0.15, 0.2) is 8.29 Å². The van der Waals surface area contributed by atoms with Gasteiger partial charge in [0, 0.05) is 5.54 Å². The van der Waals surface area contributed by atoms with Crippen molar-refractivity contribution in [3.63, 3.8) is 0 Å². The highest BCUT2D eigenvalue weighted by molar-refractivity contribution is 7.99. The number of nitrogens with zero attached hydrogens (tertiary/aromatic N) is 1. The van der Waals surface area contributed by atoms with Crippen LogP contribution in [0.1, 0.15) is 20.8 Å². The van der Waals surface area contributed by atoms with E-state index in [9.17, 15) is 0 Å². The van der Waals surface area contributed by atoms with Gasteiger partial charge in [0.05, 0.1) is 0 Å². The average molecular weight is 221 g/mol. The summed E-state index contributed by atoms with van der Waals surface area (Å²) in [6, 6.07) is 0. The molecule has 0 aliphatic rings. The van der Waals surface area contributed by atoms with Crippen molar-refractivity contribution < 1.29 is 0 Å². The van der Waals surface area contributed by atoms with Crippen molar-refractivity contribution in [1.29, 1.82) is 0 Å². The summed E-state index contributed by atoms with van der Waals surface area (Å²) >= 11 is 7.88. The van der Waals surface area contributed by atoms with Crippen molar-refractivity contribution in [2.75, 3.05) is 0 Å². The van der Waals surface area contributed by atoms with Crippen molar-refractivity contribution in [2.24, 2.45) is 0 Å². The molecule has 1 rings (SSSR count). The number of hydrogen-bond acceptors (Lipinski definition) is 5. The zero-order valence-corrected chi connectivity index (χ0v) is 9.62. The van der Waals surface area contributed by atoms with Crippen LogP contribution in [0.5, 0.6) is 0 Å². The van der Waals surface area contributed by atoms with E-state index in [1.807, 2.05) is 0 Å². The van der Waals surface area contributed by atoms with Crippen molar-refractivity contribution in [2.45, 2.75) is 30.6 Å². The van der Waals surface area contributed by atoms with Gasteiger partial charge in [-0.05, 0) is 44.9 Å². The Hall–Kier alpha value is 0.0900. The zero-order valence-electron chi connectivity index (χ0n) is 7.17. The SMILES string of the molecule is CC(C)(C)NSc1n[nH]c(=S)s1. The molecule has 6 heteroatoms. The summed E-state index contributed by atoms with van der Waals surface area (Å²) < 4.78 is 4.89. The summed E-state index contributed by atoms with van der Waals surface area (Å²) in [6.07, 6.45) is 0. The number of aromatic amines is 1. The summed E-state index contributed by atoms with van der Waals surface area (Å²) in [5.74, 6) is 0. The minimum Gasteiger partial charge on any atom is -0.257 e. The maximum atomic E-state index is 4.90. The lowest BCUT2D eigenvalue weighted by molar-refractivity contribution is 0.535. The molecule has 0 aliphatic heterocycles. The highest BCUT2D eigenvalue weighted by atomic mass is 32.2. The fourth-order valence-corrected chi connectivity index (χ4v) is 2.26. The molecule has 0 amide bonds. The second kappa shape index (κ2) is 3.87. The Labute approximate surface area is 85.1 Å². The van der Waals surface area contributed by atoms with E-state index < -0.39 is 0 Å². The first-order chi connectivity index (χ1) is 5.47. The monoisotopic (exact) mass is 221 g/mol. The molecular formula is C6H11N3S3. The van der Waals surface area contributed by atoms with Gasteiger partial charge in [-0.25, -0.2) is 0 Å². The van der Waals surface area contributed by atoms with E-state index in [1.165, 1.54) is 23.3 Å². The lowest BCUT2D eigenvalue weighted by Gasteiger charge is -2.17. The van der Waals surface area contributed by atoms with Crippen LogP contribution in [0.2, 0.25) is 0 Å². The van der Waals surface area contributed by atoms with Crippen LogP contribution in [0.25, 0.3) is 0 Å². The Balaban J connectivity index is 2.49. The third kappa shape index (κ3) is 3.66. The molecule has 0 aromatic carbocycles. The number of H-pyrrole nitrogens is 1. The molecule has 0 saturated carbocycles. The van der Waals surface area contributed by atoms with Crippen LogP contribution < -0.4 is 4.72 Å². The fraction of sp³-hybridized carbons (Fsp3) is 0.667. The summed E-state index contributed by atoms with van der Waals surface area (Å²) in [5, 5.41) is 6.74. The first-order valence-corrected chi connectivity index (χ1v) is 5.51. The number of nitrogens with one attached hydrogen (secondary N) is 2. The molecule has 3 nitrogen and oxygen atoms in total. The van der Waals surface area contributed by atoms with E-state index in [0.29, 0.717) is 3.95 Å². The molecular weight excluding hydrogens is 210 g/mol. The second-order valence-electron chi connectivity index (χ2n) is 3.33. The van der Waals surface area contributed by atoms with Gasteiger partial charge in [-0.3, -0.25) is 9.82 Å². The first-order valence-electron chi connectivity index (χ1n) is 3.47. The Morgan fingerprint density at radius 1 is 1.58 bits per heavy atom. The highest BCUT2D eigenvalue weighted by Gasteiger charge is 2.10. The Morgan fingerprint density at radius 3 is 2.67 bits per heavy atom. The summed E-state index contributed by atoms with van der Waals surface area (Å²) in [4.78, 5) is 0. The molecule has 0 aliphatic carbocycles. The molecule has 0 spiro atoms. The van der Waals surface area contributed by atoms with Crippen molar-refractivity contribution in [1.82, 2.24) is 14.9 Å². The lowest BCUT2D eigenvalue weighted by Crippen LogP contribution is -2.29. The molecule has 12 heavy (non-hydrogen) atoms. The average Bonchev–Trinajstić information content (AvgIpc) is 2.30. The van der Waals surface area contributed by atoms with Gasteiger partial charge in [-0.1, -0.05) is 11.3 Å². The van der Waals surface area contributed by atoms with Crippen LogP contribution in [-0.4, -0.2) is 15.7 Å². The number of rotatable bonds is 2. The second-order valence-corrected chi connectivity index (χ2v) is 6.05. The largest absolute Gasteiger partial charge is 0.257 e. The smallest absolute Gasteiger partial charge is 0.187 e. The van der Waals surface area contributed by atoms with Crippen LogP contribution in [0.4, 0.5) is 0 Å². The van der Waals surface area contributed by atoms with E-state index >= 15 is 0 Å². The zero-order chi connectivity index (χ0) is 9.19. The lowest BCUT2D eigenvalue weighted by atomic mass is 10.1. The standard InChI is InChI=1S/C6H11N3S3/c1-6(2,3)9-12-5-8-7-4(10)11-5/h9H,1-3H3,(H,7,10). The Morgan fingerprint density at radius 2 is 2.25 bits per heavy atom. The molecule has 0 radical (unpaired) electrons. The molecule has 1 aromatic rings. The Kier molecular flexibility index (Phi) is 3.28. The molecule has 0 fully saturated rings. The first kappa shape index (κ1) is 10.2. The normalized spacial score (nSPS) is 11.9. The van der Waals surface area contributed by atoms with Gasteiger partial charge in [-0.2, -0.15) is 5.10 Å². The number of aromatic nitrogens is 2. The van der Waals surface area contributed by atoms with Crippen molar-refractivity contribution >= 4 is 35.5 Å². The minimum atomic E-state index is 0.0952. The van der Waals surface area contributed by atoms with Gasteiger partial charge in [0.25, 0.3) is 0 Å². The molecule has 0 bridgehead atoms. The maximum absolute atomic E-state index is 4.90. The molecule has 0 unspecified atom stereocenters. The maximum Gasteiger partial charge on any atom is 0.187 e. The quantitative estimate of drug-likeness (QED) is 0.595. The van der Waals surface area contributed by atoms with E-state index in [-0.39, 0.29) is 5.54 Å². The number of hydrogen-bond donors (Lipinski definition) is 2. The topological polar surface area (TPSA) is 40.7 Å². The minimum absolute atomic E-state index is 0.0952. The summed E-state index contributed by atoms with van der Waals surface area (Å²) in [7, 11) is 0. The van der Waals surface area contributed by atoms with E-state index in [0.717, 1.165) is 4.34 Å². The fourth-order valence-electron chi connectivity index (χ4n) is 0.457. The summed E-state index contributed by atoms with van der Waals surface area (Å²) in [6.45, 7) is 6.31. The van der Waals surface area contributed by atoms with Crippen LogP contribution in [0.3, 0.4) is 0 Å². The van der Waals surface area contributed by atoms with Gasteiger partial charge in [-0.15, -0.1) is 0 Å². The molecule has 2 N–H and O–H groups in total. The predicted octanol–water partition coefficient (Wildman–Crippen LogP) is 2.60. The van der Waals surface area contributed by atoms with Crippen molar-refractivity contribution in [3.8, 4) is 0 Å². The molecule has 1 aromatic heterocycles. The summed E-state index contributed by atoms with van der Waals surface area (Å²) in [5.41, 5.74) is 0.0952. The molecule has 68 valence electrons. The van der Waals surface area contributed by atoms with Gasteiger partial charge < -0.3 is 0 Å². The van der Waals surface area contributed by atoms with Crippen LogP contribution in [0, 0.1) is 3.95 Å². The van der Waals surface area contributed by atoms with Crippen molar-refractivity contribution in [3.05, 3.63) is 3.95 Å².